The Labute approximate surface area is 151 Å². The Morgan fingerprint density at radius 1 is 1.15 bits per heavy atom. The first-order valence-electron chi connectivity index (χ1n) is 7.83. The molecule has 0 saturated heterocycles. The minimum atomic E-state index is -0.816. The average Bonchev–Trinajstić information content (AvgIpc) is 3.18. The van der Waals surface area contributed by atoms with Crippen molar-refractivity contribution >= 4 is 27.9 Å². The lowest BCUT2D eigenvalue weighted by Gasteiger charge is -2.05. The van der Waals surface area contributed by atoms with E-state index in [4.69, 9.17) is 0 Å². The van der Waals surface area contributed by atoms with Crippen LogP contribution in [0.1, 0.15) is 15.4 Å². The van der Waals surface area contributed by atoms with Crippen LogP contribution in [-0.2, 0) is 0 Å². The Morgan fingerprint density at radius 3 is 2.62 bits per heavy atom. The van der Waals surface area contributed by atoms with Crippen LogP contribution in [0.15, 0.2) is 54.7 Å². The van der Waals surface area contributed by atoms with Gasteiger partial charge in [0.25, 0.3) is 5.91 Å². The van der Waals surface area contributed by atoms with Gasteiger partial charge in [0.2, 0.25) is 0 Å². The SMILES string of the molecule is Cc1c(C(=O)Nc2ccc(F)cc2F)sc2nc(-c3ccccc3)cn12. The molecule has 2 aromatic heterocycles. The quantitative estimate of drug-likeness (QED) is 0.558. The zero-order valence-corrected chi connectivity index (χ0v) is 14.5. The number of amides is 1. The molecule has 0 bridgehead atoms. The number of nitrogens with zero attached hydrogens (tertiary/aromatic N) is 2. The van der Waals surface area contributed by atoms with Gasteiger partial charge in [0.05, 0.1) is 11.4 Å². The normalized spacial score (nSPS) is 11.0. The van der Waals surface area contributed by atoms with Gasteiger partial charge in [0, 0.05) is 23.5 Å². The third kappa shape index (κ3) is 2.86. The van der Waals surface area contributed by atoms with Crippen molar-refractivity contribution in [2.75, 3.05) is 5.32 Å². The second kappa shape index (κ2) is 6.34. The number of aryl methyl sites for hydroxylation is 1. The maximum atomic E-state index is 13.7. The fourth-order valence-corrected chi connectivity index (χ4v) is 3.68. The number of carbonyl (C=O) groups excluding carboxylic acids is 1. The second-order valence-electron chi connectivity index (χ2n) is 5.74. The lowest BCUT2D eigenvalue weighted by atomic mass is 10.2. The van der Waals surface area contributed by atoms with E-state index in [9.17, 15) is 13.6 Å². The number of hydrogen-bond acceptors (Lipinski definition) is 3. The van der Waals surface area contributed by atoms with Gasteiger partial charge in [-0.15, -0.1) is 0 Å². The van der Waals surface area contributed by atoms with Crippen molar-refractivity contribution in [2.24, 2.45) is 0 Å². The van der Waals surface area contributed by atoms with Crippen molar-refractivity contribution in [1.82, 2.24) is 9.38 Å². The van der Waals surface area contributed by atoms with Gasteiger partial charge in [0.1, 0.15) is 16.5 Å². The van der Waals surface area contributed by atoms with Crippen molar-refractivity contribution < 1.29 is 13.6 Å². The first kappa shape index (κ1) is 16.4. The molecule has 0 aliphatic carbocycles. The number of anilines is 1. The summed E-state index contributed by atoms with van der Waals surface area (Å²) in [5.74, 6) is -1.96. The number of rotatable bonds is 3. The molecule has 0 fully saturated rings. The van der Waals surface area contributed by atoms with Gasteiger partial charge in [-0.05, 0) is 19.1 Å². The summed E-state index contributed by atoms with van der Waals surface area (Å²) >= 11 is 1.22. The Bertz CT molecular complexity index is 1120. The summed E-state index contributed by atoms with van der Waals surface area (Å²) in [6.07, 6.45) is 1.87. The maximum Gasteiger partial charge on any atom is 0.267 e. The highest BCUT2D eigenvalue weighted by molar-refractivity contribution is 7.19. The maximum absolute atomic E-state index is 13.7. The molecule has 0 radical (unpaired) electrons. The minimum Gasteiger partial charge on any atom is -0.319 e. The van der Waals surface area contributed by atoms with E-state index >= 15 is 0 Å². The third-order valence-corrected chi connectivity index (χ3v) is 5.17. The highest BCUT2D eigenvalue weighted by Gasteiger charge is 2.19. The van der Waals surface area contributed by atoms with Crippen LogP contribution in [0.25, 0.3) is 16.2 Å². The molecule has 0 aliphatic heterocycles. The van der Waals surface area contributed by atoms with Crippen molar-refractivity contribution in [1.29, 1.82) is 0 Å². The predicted molar refractivity (Wildman–Crippen MR) is 97.6 cm³/mol. The van der Waals surface area contributed by atoms with Crippen LogP contribution in [0.3, 0.4) is 0 Å². The van der Waals surface area contributed by atoms with E-state index in [1.807, 2.05) is 40.9 Å². The second-order valence-corrected chi connectivity index (χ2v) is 6.72. The molecule has 0 saturated carbocycles. The largest absolute Gasteiger partial charge is 0.319 e. The van der Waals surface area contributed by atoms with Gasteiger partial charge >= 0.3 is 0 Å². The number of benzene rings is 2. The summed E-state index contributed by atoms with van der Waals surface area (Å²) in [6.45, 7) is 1.80. The fourth-order valence-electron chi connectivity index (χ4n) is 2.68. The number of thiazole rings is 1. The van der Waals surface area contributed by atoms with Gasteiger partial charge in [-0.25, -0.2) is 13.8 Å². The van der Waals surface area contributed by atoms with Crippen LogP contribution in [-0.4, -0.2) is 15.3 Å². The lowest BCUT2D eigenvalue weighted by Crippen LogP contribution is -2.13. The van der Waals surface area contributed by atoms with Gasteiger partial charge in [-0.3, -0.25) is 9.20 Å². The van der Waals surface area contributed by atoms with Crippen molar-refractivity contribution in [3.63, 3.8) is 0 Å². The standard InChI is InChI=1S/C19H13F2N3OS/c1-11-17(18(25)22-15-8-7-13(20)9-14(15)21)26-19-23-16(10-24(11)19)12-5-3-2-4-6-12/h2-10H,1H3,(H,22,25). The Kier molecular flexibility index (Phi) is 4.00. The van der Waals surface area contributed by atoms with E-state index < -0.39 is 17.5 Å². The summed E-state index contributed by atoms with van der Waals surface area (Å²) in [5.41, 5.74) is 2.45. The molecular formula is C19H13F2N3OS. The molecule has 26 heavy (non-hydrogen) atoms. The zero-order valence-electron chi connectivity index (χ0n) is 13.7. The van der Waals surface area contributed by atoms with E-state index in [-0.39, 0.29) is 5.69 Å². The zero-order chi connectivity index (χ0) is 18.3. The molecule has 0 atom stereocenters. The van der Waals surface area contributed by atoms with E-state index in [1.165, 1.54) is 17.4 Å². The highest BCUT2D eigenvalue weighted by Crippen LogP contribution is 2.28. The molecule has 130 valence electrons. The summed E-state index contributed by atoms with van der Waals surface area (Å²) < 4.78 is 28.6. The van der Waals surface area contributed by atoms with E-state index in [0.29, 0.717) is 15.5 Å². The monoisotopic (exact) mass is 369 g/mol. The highest BCUT2D eigenvalue weighted by atomic mass is 32.1. The molecular weight excluding hydrogens is 356 g/mol. The van der Waals surface area contributed by atoms with Crippen LogP contribution < -0.4 is 5.32 Å². The fraction of sp³-hybridized carbons (Fsp3) is 0.0526. The van der Waals surface area contributed by atoms with Gasteiger partial charge in [0.15, 0.2) is 4.96 Å². The molecule has 7 heteroatoms. The Morgan fingerprint density at radius 2 is 1.92 bits per heavy atom. The van der Waals surface area contributed by atoms with E-state index in [1.54, 1.807) is 6.92 Å². The first-order chi connectivity index (χ1) is 12.5. The molecule has 2 aromatic carbocycles. The minimum absolute atomic E-state index is 0.0631. The van der Waals surface area contributed by atoms with E-state index in [2.05, 4.69) is 10.3 Å². The molecule has 1 N–H and O–H groups in total. The molecule has 0 spiro atoms. The molecule has 1 amide bonds. The Hall–Kier alpha value is -3.06. The molecule has 4 rings (SSSR count). The van der Waals surface area contributed by atoms with Crippen molar-refractivity contribution in [3.05, 3.63) is 76.9 Å². The summed E-state index contributed by atoms with van der Waals surface area (Å²) in [6, 6.07) is 12.8. The first-order valence-corrected chi connectivity index (χ1v) is 8.65. The van der Waals surface area contributed by atoms with Crippen molar-refractivity contribution in [2.45, 2.75) is 6.92 Å². The third-order valence-electron chi connectivity index (χ3n) is 4.01. The van der Waals surface area contributed by atoms with Gasteiger partial charge < -0.3 is 5.32 Å². The van der Waals surface area contributed by atoms with Crippen LogP contribution in [0, 0.1) is 18.6 Å². The number of aromatic nitrogens is 2. The predicted octanol–water partition coefficient (Wildman–Crippen LogP) is 4.90. The number of nitrogens with one attached hydrogen (secondary N) is 1. The number of fused-ring (bicyclic) bond motifs is 1. The van der Waals surface area contributed by atoms with Crippen LogP contribution in [0.5, 0.6) is 0 Å². The summed E-state index contributed by atoms with van der Waals surface area (Å²) in [4.78, 5) is 18.2. The topological polar surface area (TPSA) is 46.4 Å². The van der Waals surface area contributed by atoms with Crippen LogP contribution in [0.4, 0.5) is 14.5 Å². The summed E-state index contributed by atoms with van der Waals surface area (Å²) in [7, 11) is 0. The summed E-state index contributed by atoms with van der Waals surface area (Å²) in [5, 5.41) is 2.48. The van der Waals surface area contributed by atoms with Crippen LogP contribution in [0.2, 0.25) is 0 Å². The molecule has 0 unspecified atom stereocenters. The lowest BCUT2D eigenvalue weighted by molar-refractivity contribution is 0.102. The molecule has 4 aromatic rings. The number of hydrogen-bond donors (Lipinski definition) is 1. The molecule has 2 heterocycles. The van der Waals surface area contributed by atoms with Crippen LogP contribution >= 0.6 is 11.3 Å². The smallest absolute Gasteiger partial charge is 0.267 e. The van der Waals surface area contributed by atoms with E-state index in [0.717, 1.165) is 23.4 Å². The number of halogens is 2. The Balaban J connectivity index is 1.65. The van der Waals surface area contributed by atoms with Gasteiger partial charge in [-0.1, -0.05) is 41.7 Å². The number of imidazole rings is 1. The average molecular weight is 369 g/mol. The van der Waals surface area contributed by atoms with Gasteiger partial charge in [-0.2, -0.15) is 0 Å². The molecule has 4 nitrogen and oxygen atoms in total. The van der Waals surface area contributed by atoms with Crippen molar-refractivity contribution in [3.8, 4) is 11.3 Å². The number of carbonyl (C=O) groups is 1. The molecule has 0 aliphatic rings.